The Morgan fingerprint density at radius 1 is 0.604 bits per heavy atom. The summed E-state index contributed by atoms with van der Waals surface area (Å²) in [6.07, 6.45) is 6.48. The van der Waals surface area contributed by atoms with Crippen LogP contribution in [0.3, 0.4) is 0 Å². The van der Waals surface area contributed by atoms with Crippen molar-refractivity contribution in [2.24, 2.45) is 29.2 Å². The second-order valence-corrected chi connectivity index (χ2v) is 23.9. The zero-order valence-corrected chi connectivity index (χ0v) is 52.6. The van der Waals surface area contributed by atoms with E-state index in [-0.39, 0.29) is 51.6 Å². The molecule has 33 nitrogen and oxygen atoms in total. The number of amides is 13. The van der Waals surface area contributed by atoms with Gasteiger partial charge in [0.2, 0.25) is 76.8 Å². The summed E-state index contributed by atoms with van der Waals surface area (Å²) in [4.78, 5) is 219. The van der Waals surface area contributed by atoms with Gasteiger partial charge in [-0.15, -0.1) is 0 Å². The van der Waals surface area contributed by atoms with E-state index in [9.17, 15) is 87.2 Å². The fourth-order valence-electron chi connectivity index (χ4n) is 10.4. The van der Waals surface area contributed by atoms with Crippen LogP contribution in [0, 0.1) is 17.8 Å². The smallest absolute Gasteiger partial charge is 0.308 e. The largest absolute Gasteiger partial charge is 0.481 e. The molecule has 1 unspecified atom stereocenters. The van der Waals surface area contributed by atoms with Crippen LogP contribution in [-0.4, -0.2) is 212 Å². The van der Waals surface area contributed by atoms with E-state index in [0.29, 0.717) is 12.3 Å². The van der Waals surface area contributed by atoms with E-state index >= 15 is 4.79 Å². The van der Waals surface area contributed by atoms with E-state index < -0.39 is 205 Å². The van der Waals surface area contributed by atoms with Crippen LogP contribution < -0.4 is 64.6 Å². The van der Waals surface area contributed by atoms with Crippen LogP contribution in [-0.2, 0) is 76.7 Å². The molecular weight excluding hydrogens is 1200 g/mol. The first-order valence-electron chi connectivity index (χ1n) is 30.7. The first-order valence-corrected chi connectivity index (χ1v) is 30.7. The van der Waals surface area contributed by atoms with Crippen LogP contribution >= 0.6 is 0 Å². The second-order valence-electron chi connectivity index (χ2n) is 23.9. The van der Waals surface area contributed by atoms with E-state index in [2.05, 4.69) is 56.4 Å². The molecule has 3 heterocycles. The minimum absolute atomic E-state index is 0.0286. The molecule has 0 spiro atoms. The average Bonchev–Trinajstić information content (AvgIpc) is 1.87. The molecule has 0 aromatic carbocycles. The molecule has 508 valence electrons. The number of piperidine rings is 1. The fourth-order valence-corrected chi connectivity index (χ4v) is 10.4. The Morgan fingerprint density at radius 2 is 1.13 bits per heavy atom. The van der Waals surface area contributed by atoms with Gasteiger partial charge in [-0.1, -0.05) is 65.5 Å². The number of hydrogen-bond acceptors (Lipinski definition) is 17. The standard InChI is InChI=1S/C58H92N14O19/c1-29(2)18-13-11-9-8-10-12-14-21-40(74)64-34(24-39(60)73)51(83)70-48-33(7)63-52(84)38-20-17-23-72(38)56(88)45(30(3)4)68-55(87)47(32(6)59)67-42(76)28-62-49(81)35(25-43(77)78)65-41(75)27-61-50(82)36(26-44(79)80)66-54(86)46(31(5)58(90)91)69-53(85)37-19-15-16-22-71(37)57(48)89/h12,14,29-38,45-48H,8-11,13,15-28,59H2,1-7H3,(H2,60,73)(H,61,82)(H,62,81)(H,63,84)(H,64,74)(H,65,75)(H,66,86)(H,67,76)(H,68,87)(H,69,85)(H,70,83)(H,77,78)(H,79,80)(H,90,91)/b14-12-/t31-,32+,33+,34-,35-,36-,37?,38-,45-,46-,47+,48-/m0/s1. The van der Waals surface area contributed by atoms with E-state index in [0.717, 1.165) is 43.9 Å². The van der Waals surface area contributed by atoms with Gasteiger partial charge in [0.1, 0.15) is 54.4 Å². The number of rotatable bonds is 22. The van der Waals surface area contributed by atoms with E-state index in [1.807, 2.05) is 10.6 Å². The van der Waals surface area contributed by atoms with Crippen molar-refractivity contribution in [3.63, 3.8) is 0 Å². The zero-order valence-electron chi connectivity index (χ0n) is 52.6. The highest BCUT2D eigenvalue weighted by Crippen LogP contribution is 2.24. The van der Waals surface area contributed by atoms with Crippen molar-refractivity contribution in [2.45, 2.75) is 211 Å². The third-order valence-electron chi connectivity index (χ3n) is 15.5. The first-order chi connectivity index (χ1) is 42.7. The molecule has 3 saturated heterocycles. The number of aliphatic carboxylic acids is 3. The van der Waals surface area contributed by atoms with Gasteiger partial charge in [-0.05, 0) is 77.6 Å². The van der Waals surface area contributed by atoms with Crippen LogP contribution in [0.1, 0.15) is 145 Å². The van der Waals surface area contributed by atoms with Gasteiger partial charge in [-0.25, -0.2) is 0 Å². The molecule has 0 bridgehead atoms. The predicted octanol–water partition coefficient (Wildman–Crippen LogP) is -4.01. The molecule has 3 aliphatic rings. The van der Waals surface area contributed by atoms with Crippen LogP contribution in [0.2, 0.25) is 0 Å². The molecular formula is C58H92N14O19. The maximum absolute atomic E-state index is 15.2. The number of nitrogens with one attached hydrogen (secondary N) is 10. The Hall–Kier alpha value is -8.78. The van der Waals surface area contributed by atoms with Crippen molar-refractivity contribution < 1.29 is 92.0 Å². The Labute approximate surface area is 526 Å². The Kier molecular flexibility index (Phi) is 31.4. The summed E-state index contributed by atoms with van der Waals surface area (Å²) in [7, 11) is 0. The van der Waals surface area contributed by atoms with Gasteiger partial charge in [-0.3, -0.25) is 76.7 Å². The van der Waals surface area contributed by atoms with Crippen LogP contribution in [0.4, 0.5) is 0 Å². The number of carboxylic acid groups (broad SMARTS) is 3. The molecule has 33 heteroatoms. The first kappa shape index (κ1) is 76.5. The molecule has 3 fully saturated rings. The average molecular weight is 1290 g/mol. The van der Waals surface area contributed by atoms with Gasteiger partial charge in [-0.2, -0.15) is 0 Å². The van der Waals surface area contributed by atoms with Gasteiger partial charge in [0.15, 0.2) is 0 Å². The number of nitrogens with zero attached hydrogens (tertiary/aromatic N) is 2. The summed E-state index contributed by atoms with van der Waals surface area (Å²) < 4.78 is 0. The number of nitrogens with two attached hydrogens (primary N) is 2. The predicted molar refractivity (Wildman–Crippen MR) is 321 cm³/mol. The number of carbonyl (C=O) groups excluding carboxylic acids is 13. The van der Waals surface area contributed by atoms with Gasteiger partial charge in [0, 0.05) is 25.6 Å². The van der Waals surface area contributed by atoms with Crippen molar-refractivity contribution in [3.8, 4) is 0 Å². The van der Waals surface area contributed by atoms with Gasteiger partial charge in [0.25, 0.3) is 0 Å². The van der Waals surface area contributed by atoms with E-state index in [1.165, 1.54) is 18.7 Å². The van der Waals surface area contributed by atoms with Crippen molar-refractivity contribution in [3.05, 3.63) is 12.2 Å². The number of carbonyl (C=O) groups is 16. The van der Waals surface area contributed by atoms with Crippen molar-refractivity contribution in [1.82, 2.24) is 63.0 Å². The molecule has 0 aromatic heterocycles. The van der Waals surface area contributed by atoms with Gasteiger partial charge >= 0.3 is 17.9 Å². The normalized spacial score (nSPS) is 25.3. The number of unbranched alkanes of at least 4 members (excludes halogenated alkanes) is 4. The summed E-state index contributed by atoms with van der Waals surface area (Å²) in [5.41, 5.74) is 11.7. The summed E-state index contributed by atoms with van der Waals surface area (Å²) in [5.74, 6) is -21.1. The molecule has 3 rings (SSSR count). The van der Waals surface area contributed by atoms with Gasteiger partial charge < -0.3 is 89.8 Å². The summed E-state index contributed by atoms with van der Waals surface area (Å²) in [6, 6.07) is -18.3. The lowest BCUT2D eigenvalue weighted by atomic mass is 9.96. The molecule has 3 aliphatic heterocycles. The highest BCUT2D eigenvalue weighted by molar-refractivity contribution is 6.01. The summed E-state index contributed by atoms with van der Waals surface area (Å²) >= 11 is 0. The molecule has 0 radical (unpaired) electrons. The van der Waals surface area contributed by atoms with Crippen LogP contribution in [0.5, 0.6) is 0 Å². The molecule has 17 N–H and O–H groups in total. The lowest BCUT2D eigenvalue weighted by Gasteiger charge is -2.39. The molecule has 91 heavy (non-hydrogen) atoms. The van der Waals surface area contributed by atoms with Crippen molar-refractivity contribution in [2.75, 3.05) is 26.2 Å². The van der Waals surface area contributed by atoms with Crippen molar-refractivity contribution in [1.29, 1.82) is 0 Å². The SMILES string of the molecule is CC(C)CCCCCC/C=C\CC(=O)N[C@@H](CC(N)=O)C(=O)N[C@@H]1C(=O)N2CCCCC2C(=O)N[C@@H]([C@H](C)C(=O)O)C(=O)N[C@@H](CC(=O)O)C(=O)NCC(=O)N[C@@H](CC(=O)O)C(=O)NCC(=O)N[C@H]([C@@H](C)N)C(=O)N[C@@H](C(C)C)C(=O)N2CCC[C@H]2C(=O)N[C@@H]1C. The highest BCUT2D eigenvalue weighted by atomic mass is 16.4. The second kappa shape index (κ2) is 37.4. The third-order valence-corrected chi connectivity index (χ3v) is 15.5. The summed E-state index contributed by atoms with van der Waals surface area (Å²) in [6.45, 7) is 8.76. The molecule has 13 amide bonds. The quantitative estimate of drug-likeness (QED) is 0.0363. The maximum Gasteiger partial charge on any atom is 0.308 e. The minimum Gasteiger partial charge on any atom is -0.481 e. The molecule has 12 atom stereocenters. The summed E-state index contributed by atoms with van der Waals surface area (Å²) in [5, 5.41) is 52.5. The maximum atomic E-state index is 15.2. The highest BCUT2D eigenvalue weighted by Gasteiger charge is 2.45. The third kappa shape index (κ3) is 25.2. The number of fused-ring (bicyclic) bond motifs is 2. The Morgan fingerprint density at radius 3 is 1.69 bits per heavy atom. The molecule has 0 aliphatic carbocycles. The van der Waals surface area contributed by atoms with Crippen molar-refractivity contribution >= 4 is 94.7 Å². The minimum atomic E-state index is -2.13. The van der Waals surface area contributed by atoms with E-state index in [4.69, 9.17) is 11.5 Å². The molecule has 0 saturated carbocycles. The van der Waals surface area contributed by atoms with E-state index in [1.54, 1.807) is 26.0 Å². The number of primary amides is 1. The fraction of sp³-hybridized carbons (Fsp3) is 0.690. The monoisotopic (exact) mass is 1290 g/mol. The lowest BCUT2D eigenvalue weighted by molar-refractivity contribution is -0.149. The topological polar surface area (TPSA) is 513 Å². The van der Waals surface area contributed by atoms with Crippen LogP contribution in [0.15, 0.2) is 12.2 Å². The number of allylic oxidation sites excluding steroid dienone is 1. The zero-order chi connectivity index (χ0) is 68.4. The number of carboxylic acids is 3. The van der Waals surface area contributed by atoms with Crippen LogP contribution in [0.25, 0.3) is 0 Å². The number of hydrogen-bond donors (Lipinski definition) is 15. The molecule has 0 aromatic rings. The Bertz CT molecular complexity index is 2710. The van der Waals surface area contributed by atoms with Gasteiger partial charge in [0.05, 0.1) is 44.3 Å². The lowest BCUT2D eigenvalue weighted by Crippen LogP contribution is -2.66. The Balaban J connectivity index is 2.17.